The predicted octanol–water partition coefficient (Wildman–Crippen LogP) is 3.24. The minimum absolute atomic E-state index is 0.711. The number of hydrogen-bond donors (Lipinski definition) is 0. The molecule has 1 aromatic rings. The van der Waals surface area contributed by atoms with Crippen LogP contribution in [0.1, 0.15) is 36.5 Å². The first-order valence-corrected chi connectivity index (χ1v) is 9.24. The Morgan fingerprint density at radius 3 is 2.39 bits per heavy atom. The second-order valence-corrected chi connectivity index (χ2v) is 7.42. The van der Waals surface area contributed by atoms with Gasteiger partial charge in [0, 0.05) is 25.7 Å². The van der Waals surface area contributed by atoms with Crippen LogP contribution < -0.4 is 0 Å². The van der Waals surface area contributed by atoms with Crippen LogP contribution in [0.15, 0.2) is 18.2 Å². The quantitative estimate of drug-likeness (QED) is 0.848. The number of likely N-dealkylation sites (tertiary alicyclic amines) is 1. The van der Waals surface area contributed by atoms with Gasteiger partial charge in [0.25, 0.3) is 0 Å². The molecular weight excluding hydrogens is 284 g/mol. The Hall–Kier alpha value is -0.900. The molecule has 128 valence electrons. The molecule has 3 rings (SSSR count). The number of morpholine rings is 1. The van der Waals surface area contributed by atoms with Gasteiger partial charge in [0.1, 0.15) is 0 Å². The van der Waals surface area contributed by atoms with Crippen molar-refractivity contribution in [2.75, 3.05) is 39.4 Å². The summed E-state index contributed by atoms with van der Waals surface area (Å²) in [4.78, 5) is 5.26. The van der Waals surface area contributed by atoms with Crippen LogP contribution in [0.5, 0.6) is 0 Å². The average Bonchev–Trinajstić information content (AvgIpc) is 2.59. The van der Waals surface area contributed by atoms with Crippen LogP contribution in [0, 0.1) is 19.8 Å². The molecule has 2 fully saturated rings. The Morgan fingerprint density at radius 1 is 1.04 bits per heavy atom. The van der Waals surface area contributed by atoms with Gasteiger partial charge < -0.3 is 4.74 Å². The SMILES string of the molecule is Cc1ccc(CN2CCC([C@H](C)N3CCOCC3)CC2)cc1C. The van der Waals surface area contributed by atoms with Crippen LogP contribution in [-0.4, -0.2) is 55.2 Å². The van der Waals surface area contributed by atoms with E-state index in [-0.39, 0.29) is 0 Å². The highest BCUT2D eigenvalue weighted by Crippen LogP contribution is 2.25. The Balaban J connectivity index is 1.48. The molecule has 0 amide bonds. The molecule has 3 nitrogen and oxygen atoms in total. The van der Waals surface area contributed by atoms with Crippen LogP contribution in [0.25, 0.3) is 0 Å². The summed E-state index contributed by atoms with van der Waals surface area (Å²) in [6.45, 7) is 14.5. The number of rotatable bonds is 4. The van der Waals surface area contributed by atoms with Crippen LogP contribution >= 0.6 is 0 Å². The van der Waals surface area contributed by atoms with Crippen molar-refractivity contribution in [3.05, 3.63) is 34.9 Å². The number of aryl methyl sites for hydroxylation is 2. The van der Waals surface area contributed by atoms with Gasteiger partial charge in [0.2, 0.25) is 0 Å². The van der Waals surface area contributed by atoms with Crippen molar-refractivity contribution in [1.82, 2.24) is 9.80 Å². The summed E-state index contributed by atoms with van der Waals surface area (Å²) < 4.78 is 5.49. The summed E-state index contributed by atoms with van der Waals surface area (Å²) in [5.41, 5.74) is 4.28. The molecule has 0 bridgehead atoms. The maximum atomic E-state index is 5.49. The fourth-order valence-electron chi connectivity index (χ4n) is 4.04. The molecule has 1 atom stereocenters. The molecule has 2 aliphatic rings. The van der Waals surface area contributed by atoms with E-state index in [2.05, 4.69) is 48.8 Å². The van der Waals surface area contributed by atoms with Crippen molar-refractivity contribution in [3.8, 4) is 0 Å². The molecule has 0 aliphatic carbocycles. The Kier molecular flexibility index (Phi) is 5.73. The molecule has 0 saturated carbocycles. The number of piperidine rings is 1. The number of nitrogens with zero attached hydrogens (tertiary/aromatic N) is 2. The molecule has 0 N–H and O–H groups in total. The fourth-order valence-corrected chi connectivity index (χ4v) is 4.04. The second kappa shape index (κ2) is 7.78. The van der Waals surface area contributed by atoms with Gasteiger partial charge in [-0.15, -0.1) is 0 Å². The van der Waals surface area contributed by atoms with Crippen LogP contribution in [0.2, 0.25) is 0 Å². The predicted molar refractivity (Wildman–Crippen MR) is 95.8 cm³/mol. The van der Waals surface area contributed by atoms with Gasteiger partial charge >= 0.3 is 0 Å². The first-order valence-electron chi connectivity index (χ1n) is 9.24. The molecule has 23 heavy (non-hydrogen) atoms. The fraction of sp³-hybridized carbons (Fsp3) is 0.700. The summed E-state index contributed by atoms with van der Waals surface area (Å²) in [6.07, 6.45) is 2.67. The molecule has 2 heterocycles. The molecule has 0 spiro atoms. The third-order valence-corrected chi connectivity index (χ3v) is 5.91. The molecule has 1 aromatic carbocycles. The van der Waals surface area contributed by atoms with Gasteiger partial charge in [-0.2, -0.15) is 0 Å². The van der Waals surface area contributed by atoms with E-state index in [4.69, 9.17) is 4.74 Å². The Morgan fingerprint density at radius 2 is 1.74 bits per heavy atom. The van der Waals surface area contributed by atoms with Crippen molar-refractivity contribution in [1.29, 1.82) is 0 Å². The van der Waals surface area contributed by atoms with E-state index in [0.717, 1.165) is 38.8 Å². The third-order valence-electron chi connectivity index (χ3n) is 5.91. The van der Waals surface area contributed by atoms with Crippen molar-refractivity contribution in [3.63, 3.8) is 0 Å². The maximum Gasteiger partial charge on any atom is 0.0594 e. The van der Waals surface area contributed by atoms with Crippen LogP contribution in [0.3, 0.4) is 0 Å². The zero-order valence-electron chi connectivity index (χ0n) is 15.1. The van der Waals surface area contributed by atoms with E-state index in [1.165, 1.54) is 42.6 Å². The highest BCUT2D eigenvalue weighted by molar-refractivity contribution is 5.29. The van der Waals surface area contributed by atoms with E-state index >= 15 is 0 Å². The van der Waals surface area contributed by atoms with Crippen molar-refractivity contribution >= 4 is 0 Å². The monoisotopic (exact) mass is 316 g/mol. The van der Waals surface area contributed by atoms with Crippen LogP contribution in [-0.2, 0) is 11.3 Å². The lowest BCUT2D eigenvalue weighted by Gasteiger charge is -2.41. The smallest absolute Gasteiger partial charge is 0.0594 e. The standard InChI is InChI=1S/C20H32N2O/c1-16-4-5-19(14-17(16)2)15-21-8-6-20(7-9-21)18(3)22-10-12-23-13-11-22/h4-5,14,18,20H,6-13,15H2,1-3H3/t18-/m0/s1. The van der Waals surface area contributed by atoms with E-state index in [0.29, 0.717) is 6.04 Å². The van der Waals surface area contributed by atoms with Gasteiger partial charge in [-0.1, -0.05) is 18.2 Å². The summed E-state index contributed by atoms with van der Waals surface area (Å²) in [6, 6.07) is 7.63. The number of hydrogen-bond acceptors (Lipinski definition) is 3. The van der Waals surface area contributed by atoms with Crippen molar-refractivity contribution < 1.29 is 4.74 Å². The lowest BCUT2D eigenvalue weighted by atomic mass is 9.89. The molecular formula is C20H32N2O. The Bertz CT molecular complexity index is 502. The van der Waals surface area contributed by atoms with E-state index in [9.17, 15) is 0 Å². The zero-order chi connectivity index (χ0) is 16.2. The van der Waals surface area contributed by atoms with Crippen LogP contribution in [0.4, 0.5) is 0 Å². The van der Waals surface area contributed by atoms with Gasteiger partial charge in [0.05, 0.1) is 13.2 Å². The number of ether oxygens (including phenoxy) is 1. The van der Waals surface area contributed by atoms with E-state index < -0.39 is 0 Å². The normalized spacial score (nSPS) is 23.1. The zero-order valence-corrected chi connectivity index (χ0v) is 15.1. The Labute approximate surface area is 141 Å². The second-order valence-electron chi connectivity index (χ2n) is 7.42. The highest BCUT2D eigenvalue weighted by atomic mass is 16.5. The van der Waals surface area contributed by atoms with Gasteiger partial charge in [-0.05, 0) is 69.3 Å². The summed E-state index contributed by atoms with van der Waals surface area (Å²) in [5.74, 6) is 0.851. The molecule has 2 saturated heterocycles. The number of benzene rings is 1. The van der Waals surface area contributed by atoms with Crippen molar-refractivity contribution in [2.45, 2.75) is 46.2 Å². The summed E-state index contributed by atoms with van der Waals surface area (Å²) >= 11 is 0. The minimum atomic E-state index is 0.711. The summed E-state index contributed by atoms with van der Waals surface area (Å²) in [5, 5.41) is 0. The highest BCUT2D eigenvalue weighted by Gasteiger charge is 2.28. The molecule has 0 radical (unpaired) electrons. The maximum absolute atomic E-state index is 5.49. The third kappa shape index (κ3) is 4.34. The van der Waals surface area contributed by atoms with Gasteiger partial charge in [-0.3, -0.25) is 9.80 Å². The lowest BCUT2D eigenvalue weighted by molar-refractivity contribution is -0.00192. The lowest BCUT2D eigenvalue weighted by Crippen LogP contribution is -2.48. The topological polar surface area (TPSA) is 15.7 Å². The molecule has 2 aliphatic heterocycles. The first kappa shape index (κ1) is 16.9. The van der Waals surface area contributed by atoms with Gasteiger partial charge in [-0.25, -0.2) is 0 Å². The first-order chi connectivity index (χ1) is 11.1. The van der Waals surface area contributed by atoms with E-state index in [1.807, 2.05) is 0 Å². The van der Waals surface area contributed by atoms with Gasteiger partial charge in [0.15, 0.2) is 0 Å². The summed E-state index contributed by atoms with van der Waals surface area (Å²) in [7, 11) is 0. The average molecular weight is 316 g/mol. The minimum Gasteiger partial charge on any atom is -0.379 e. The molecule has 0 unspecified atom stereocenters. The molecule has 3 heteroatoms. The molecule has 0 aromatic heterocycles. The largest absolute Gasteiger partial charge is 0.379 e. The van der Waals surface area contributed by atoms with Crippen molar-refractivity contribution in [2.24, 2.45) is 5.92 Å². The van der Waals surface area contributed by atoms with E-state index in [1.54, 1.807) is 0 Å².